The summed E-state index contributed by atoms with van der Waals surface area (Å²) in [6, 6.07) is 14.6. The standard InChI is InChI=1S/C24H24Cl2N2O3/c1-5-6-7-22-16(2)27-28(4)24(22)31-21-14-12-20(13-15-21)30-19-10-8-18(9-11-19)29-17(3)23(25)26/h6-15H,5H2,1-4H3/b7-6+. The minimum Gasteiger partial charge on any atom is -0.460 e. The van der Waals surface area contributed by atoms with Crippen LogP contribution in [-0.4, -0.2) is 9.78 Å². The lowest BCUT2D eigenvalue weighted by molar-refractivity contribution is 0.424. The second-order valence-electron chi connectivity index (χ2n) is 6.80. The Morgan fingerprint density at radius 2 is 1.45 bits per heavy atom. The Labute approximate surface area is 192 Å². The van der Waals surface area contributed by atoms with E-state index in [1.807, 2.05) is 44.3 Å². The van der Waals surface area contributed by atoms with Crippen LogP contribution in [-0.2, 0) is 7.05 Å². The lowest BCUT2D eigenvalue weighted by atomic mass is 10.2. The fourth-order valence-corrected chi connectivity index (χ4v) is 2.89. The molecule has 162 valence electrons. The van der Waals surface area contributed by atoms with Crippen LogP contribution in [0.3, 0.4) is 0 Å². The molecule has 2 aromatic carbocycles. The van der Waals surface area contributed by atoms with Crippen molar-refractivity contribution >= 4 is 29.3 Å². The van der Waals surface area contributed by atoms with E-state index in [4.69, 9.17) is 37.4 Å². The minimum absolute atomic E-state index is 0.0948. The Morgan fingerprint density at radius 3 is 1.97 bits per heavy atom. The highest BCUT2D eigenvalue weighted by Crippen LogP contribution is 2.31. The highest BCUT2D eigenvalue weighted by Gasteiger charge is 2.13. The molecular formula is C24H24Cl2N2O3. The summed E-state index contributed by atoms with van der Waals surface area (Å²) in [5, 5.41) is 4.46. The van der Waals surface area contributed by atoms with E-state index in [0.29, 0.717) is 34.6 Å². The Balaban J connectivity index is 1.68. The molecule has 0 aliphatic rings. The fourth-order valence-electron chi connectivity index (χ4n) is 2.82. The summed E-state index contributed by atoms with van der Waals surface area (Å²) in [7, 11) is 1.87. The summed E-state index contributed by atoms with van der Waals surface area (Å²) in [6.45, 7) is 5.76. The molecule has 0 fully saturated rings. The number of halogens is 2. The van der Waals surface area contributed by atoms with E-state index in [0.717, 1.165) is 17.7 Å². The van der Waals surface area contributed by atoms with E-state index in [2.05, 4.69) is 18.1 Å². The molecule has 1 aromatic heterocycles. The molecule has 0 unspecified atom stereocenters. The van der Waals surface area contributed by atoms with E-state index < -0.39 is 0 Å². The van der Waals surface area contributed by atoms with Crippen LogP contribution in [0.4, 0.5) is 0 Å². The van der Waals surface area contributed by atoms with Crippen LogP contribution in [0.1, 0.15) is 31.5 Å². The van der Waals surface area contributed by atoms with Crippen LogP contribution >= 0.6 is 23.2 Å². The van der Waals surface area contributed by atoms with Gasteiger partial charge >= 0.3 is 0 Å². The maximum absolute atomic E-state index is 6.09. The minimum atomic E-state index is 0.0948. The predicted molar refractivity (Wildman–Crippen MR) is 125 cm³/mol. The van der Waals surface area contributed by atoms with Crippen molar-refractivity contribution in [2.24, 2.45) is 7.05 Å². The van der Waals surface area contributed by atoms with Gasteiger partial charge in [0, 0.05) is 7.05 Å². The van der Waals surface area contributed by atoms with Gasteiger partial charge in [0.1, 0.15) is 33.2 Å². The Bertz CT molecular complexity index is 1080. The van der Waals surface area contributed by atoms with Crippen molar-refractivity contribution in [3.05, 3.63) is 76.1 Å². The second-order valence-corrected chi connectivity index (χ2v) is 7.75. The van der Waals surface area contributed by atoms with Crippen molar-refractivity contribution in [2.45, 2.75) is 27.2 Å². The maximum Gasteiger partial charge on any atom is 0.225 e. The van der Waals surface area contributed by atoms with Crippen LogP contribution in [0, 0.1) is 6.92 Å². The van der Waals surface area contributed by atoms with Gasteiger partial charge in [0.15, 0.2) is 0 Å². The number of hydrogen-bond acceptors (Lipinski definition) is 4. The molecule has 3 aromatic rings. The third-order valence-corrected chi connectivity index (χ3v) is 4.90. The van der Waals surface area contributed by atoms with Gasteiger partial charge in [-0.05, 0) is 68.8 Å². The number of rotatable bonds is 8. The van der Waals surface area contributed by atoms with Crippen LogP contribution in [0.15, 0.2) is 64.9 Å². The van der Waals surface area contributed by atoms with Gasteiger partial charge in [-0.25, -0.2) is 4.68 Å². The normalized spacial score (nSPS) is 10.9. The summed E-state index contributed by atoms with van der Waals surface area (Å²) in [6.07, 6.45) is 5.08. The molecule has 0 aliphatic heterocycles. The first-order valence-corrected chi connectivity index (χ1v) is 10.6. The van der Waals surface area contributed by atoms with Crippen LogP contribution in [0.2, 0.25) is 0 Å². The molecule has 31 heavy (non-hydrogen) atoms. The summed E-state index contributed by atoms with van der Waals surface area (Å²) < 4.78 is 19.3. The van der Waals surface area contributed by atoms with Gasteiger partial charge in [-0.3, -0.25) is 0 Å². The number of benzene rings is 2. The van der Waals surface area contributed by atoms with E-state index >= 15 is 0 Å². The van der Waals surface area contributed by atoms with E-state index in [9.17, 15) is 0 Å². The summed E-state index contributed by atoms with van der Waals surface area (Å²) in [5.74, 6) is 3.82. The quantitative estimate of drug-likeness (QED) is 0.323. The van der Waals surface area contributed by atoms with Gasteiger partial charge in [-0.2, -0.15) is 5.10 Å². The molecule has 0 N–H and O–H groups in total. The monoisotopic (exact) mass is 458 g/mol. The van der Waals surface area contributed by atoms with Crippen LogP contribution < -0.4 is 14.2 Å². The number of nitrogens with zero attached hydrogens (tertiary/aromatic N) is 2. The number of ether oxygens (including phenoxy) is 3. The molecule has 0 atom stereocenters. The van der Waals surface area contributed by atoms with Gasteiger partial charge in [0.25, 0.3) is 0 Å². The van der Waals surface area contributed by atoms with Crippen molar-refractivity contribution in [3.8, 4) is 28.9 Å². The van der Waals surface area contributed by atoms with Crippen molar-refractivity contribution in [1.82, 2.24) is 9.78 Å². The van der Waals surface area contributed by atoms with Gasteiger partial charge < -0.3 is 14.2 Å². The zero-order valence-electron chi connectivity index (χ0n) is 17.9. The third-order valence-electron chi connectivity index (χ3n) is 4.37. The summed E-state index contributed by atoms with van der Waals surface area (Å²) >= 11 is 11.4. The van der Waals surface area contributed by atoms with Crippen LogP contribution in [0.5, 0.6) is 28.9 Å². The summed E-state index contributed by atoms with van der Waals surface area (Å²) in [5.41, 5.74) is 1.90. The number of aryl methyl sites for hydroxylation is 2. The average molecular weight is 459 g/mol. The highest BCUT2D eigenvalue weighted by molar-refractivity contribution is 6.56. The fraction of sp³-hybridized carbons (Fsp3) is 0.208. The molecular weight excluding hydrogens is 435 g/mol. The van der Waals surface area contributed by atoms with E-state index in [1.54, 1.807) is 35.9 Å². The zero-order chi connectivity index (χ0) is 22.4. The molecule has 0 spiro atoms. The Hall–Kier alpha value is -2.89. The van der Waals surface area contributed by atoms with E-state index in [-0.39, 0.29) is 4.49 Å². The molecule has 1 heterocycles. The van der Waals surface area contributed by atoms with E-state index in [1.165, 1.54) is 0 Å². The molecule has 0 saturated carbocycles. The van der Waals surface area contributed by atoms with Crippen LogP contribution in [0.25, 0.3) is 6.08 Å². The number of hydrogen-bond donors (Lipinski definition) is 0. The highest BCUT2D eigenvalue weighted by atomic mass is 35.5. The van der Waals surface area contributed by atoms with Crippen molar-refractivity contribution < 1.29 is 14.2 Å². The third kappa shape index (κ3) is 6.06. The predicted octanol–water partition coefficient (Wildman–Crippen LogP) is 7.78. The number of aromatic nitrogens is 2. The van der Waals surface area contributed by atoms with Crippen molar-refractivity contribution in [3.63, 3.8) is 0 Å². The lowest BCUT2D eigenvalue weighted by Crippen LogP contribution is -1.96. The smallest absolute Gasteiger partial charge is 0.225 e. The van der Waals surface area contributed by atoms with Gasteiger partial charge in [0.2, 0.25) is 5.88 Å². The lowest BCUT2D eigenvalue weighted by Gasteiger charge is -2.10. The first-order valence-electron chi connectivity index (χ1n) is 9.83. The SMILES string of the molecule is CC/C=C/c1c(C)nn(C)c1Oc1ccc(Oc2ccc(OC(C)=C(Cl)Cl)cc2)cc1. The molecule has 5 nitrogen and oxygen atoms in total. The average Bonchev–Trinajstić information content (AvgIpc) is 3.01. The van der Waals surface area contributed by atoms with Crippen molar-refractivity contribution in [1.29, 1.82) is 0 Å². The Morgan fingerprint density at radius 1 is 0.935 bits per heavy atom. The maximum atomic E-state index is 6.09. The topological polar surface area (TPSA) is 45.5 Å². The summed E-state index contributed by atoms with van der Waals surface area (Å²) in [4.78, 5) is 0. The number of allylic oxidation sites excluding steroid dienone is 2. The molecule has 0 amide bonds. The molecule has 7 heteroatoms. The zero-order valence-corrected chi connectivity index (χ0v) is 19.4. The van der Waals surface area contributed by atoms with Gasteiger partial charge in [-0.1, -0.05) is 42.3 Å². The first kappa shape index (κ1) is 22.8. The van der Waals surface area contributed by atoms with Gasteiger partial charge in [-0.15, -0.1) is 0 Å². The molecule has 3 rings (SSSR count). The molecule has 0 aliphatic carbocycles. The second kappa shape index (κ2) is 10.4. The molecule has 0 saturated heterocycles. The molecule has 0 bridgehead atoms. The van der Waals surface area contributed by atoms with Gasteiger partial charge in [0.05, 0.1) is 11.3 Å². The molecule has 0 radical (unpaired) electrons. The van der Waals surface area contributed by atoms with Crippen molar-refractivity contribution in [2.75, 3.05) is 0 Å². The largest absolute Gasteiger partial charge is 0.460 e. The first-order chi connectivity index (χ1) is 14.9. The Kier molecular flexibility index (Phi) is 7.66.